The minimum absolute atomic E-state index is 0.596. The summed E-state index contributed by atoms with van der Waals surface area (Å²) < 4.78 is 0. The lowest BCUT2D eigenvalue weighted by Crippen LogP contribution is -2.06. The number of hydrogen-bond acceptors (Lipinski definition) is 4. The van der Waals surface area contributed by atoms with Crippen LogP contribution in [-0.2, 0) is 0 Å². The monoisotopic (exact) mass is 180 g/mol. The van der Waals surface area contributed by atoms with Gasteiger partial charge in [0.05, 0.1) is 17.6 Å². The largest absolute Gasteiger partial charge is 0.397 e. The fourth-order valence-corrected chi connectivity index (χ4v) is 1.03. The Kier molecular flexibility index (Phi) is 3.37. The van der Waals surface area contributed by atoms with Gasteiger partial charge in [0.2, 0.25) is 0 Å². The second-order valence-electron chi connectivity index (χ2n) is 2.99. The highest BCUT2D eigenvalue weighted by molar-refractivity contribution is 5.65. The molecule has 72 valence electrons. The van der Waals surface area contributed by atoms with Crippen LogP contribution in [0.4, 0.5) is 17.2 Å². The Labute approximate surface area is 78.3 Å². The molecule has 0 bridgehead atoms. The van der Waals surface area contributed by atoms with Crippen LogP contribution in [0.25, 0.3) is 0 Å². The van der Waals surface area contributed by atoms with E-state index in [1.165, 1.54) is 0 Å². The second-order valence-corrected chi connectivity index (χ2v) is 2.99. The van der Waals surface area contributed by atoms with Crippen LogP contribution in [-0.4, -0.2) is 11.5 Å². The maximum atomic E-state index is 5.70. The van der Waals surface area contributed by atoms with Crippen LogP contribution in [0.1, 0.15) is 19.8 Å². The molecule has 0 aromatic carbocycles. The van der Waals surface area contributed by atoms with Crippen molar-refractivity contribution in [2.75, 3.05) is 23.3 Å². The van der Waals surface area contributed by atoms with Gasteiger partial charge in [0.25, 0.3) is 0 Å². The summed E-state index contributed by atoms with van der Waals surface area (Å²) in [5, 5.41) is 3.15. The minimum atomic E-state index is 0.596. The molecule has 13 heavy (non-hydrogen) atoms. The topological polar surface area (TPSA) is 77.0 Å². The molecule has 1 rings (SSSR count). The fraction of sp³-hybridized carbons (Fsp3) is 0.444. The third-order valence-corrected chi connectivity index (χ3v) is 1.76. The van der Waals surface area contributed by atoms with Gasteiger partial charge < -0.3 is 16.8 Å². The first-order valence-corrected chi connectivity index (χ1v) is 4.49. The summed E-state index contributed by atoms with van der Waals surface area (Å²) in [5.41, 5.74) is 12.4. The Balaban J connectivity index is 2.56. The van der Waals surface area contributed by atoms with Crippen molar-refractivity contribution in [3.8, 4) is 0 Å². The smallest absolute Gasteiger partial charge is 0.149 e. The molecule has 0 aliphatic carbocycles. The highest BCUT2D eigenvalue weighted by Crippen LogP contribution is 2.16. The lowest BCUT2D eigenvalue weighted by molar-refractivity contribution is 0.831. The van der Waals surface area contributed by atoms with Crippen molar-refractivity contribution in [1.82, 2.24) is 4.98 Å². The molecule has 0 radical (unpaired) electrons. The molecule has 0 saturated heterocycles. The fourth-order valence-electron chi connectivity index (χ4n) is 1.03. The van der Waals surface area contributed by atoms with Gasteiger partial charge in [-0.15, -0.1) is 0 Å². The van der Waals surface area contributed by atoms with E-state index in [-0.39, 0.29) is 0 Å². The Morgan fingerprint density at radius 1 is 1.46 bits per heavy atom. The van der Waals surface area contributed by atoms with Crippen molar-refractivity contribution >= 4 is 17.2 Å². The summed E-state index contributed by atoms with van der Waals surface area (Å²) in [5.74, 6) is 0.725. The van der Waals surface area contributed by atoms with Crippen LogP contribution in [0.15, 0.2) is 12.3 Å². The van der Waals surface area contributed by atoms with E-state index in [1.54, 1.807) is 12.3 Å². The van der Waals surface area contributed by atoms with Gasteiger partial charge >= 0.3 is 0 Å². The van der Waals surface area contributed by atoms with E-state index in [9.17, 15) is 0 Å². The van der Waals surface area contributed by atoms with Gasteiger partial charge in [-0.1, -0.05) is 13.3 Å². The van der Waals surface area contributed by atoms with Crippen LogP contribution in [0.5, 0.6) is 0 Å². The number of anilines is 3. The Bertz CT molecular complexity index is 272. The van der Waals surface area contributed by atoms with Crippen molar-refractivity contribution in [3.05, 3.63) is 12.3 Å². The van der Waals surface area contributed by atoms with Crippen molar-refractivity contribution < 1.29 is 0 Å². The molecule has 0 saturated carbocycles. The number of rotatable bonds is 4. The average molecular weight is 180 g/mol. The van der Waals surface area contributed by atoms with E-state index in [1.807, 2.05) is 0 Å². The van der Waals surface area contributed by atoms with E-state index in [0.717, 1.165) is 25.2 Å². The van der Waals surface area contributed by atoms with Crippen molar-refractivity contribution in [2.24, 2.45) is 0 Å². The Hall–Kier alpha value is -1.45. The first-order chi connectivity index (χ1) is 6.24. The van der Waals surface area contributed by atoms with E-state index < -0.39 is 0 Å². The number of nitrogens with zero attached hydrogens (tertiary/aromatic N) is 1. The zero-order valence-corrected chi connectivity index (χ0v) is 7.88. The molecule has 0 fully saturated rings. The van der Waals surface area contributed by atoms with Gasteiger partial charge in [-0.25, -0.2) is 4.98 Å². The number of nitrogen functional groups attached to an aromatic ring is 2. The molecule has 0 aliphatic rings. The number of hydrogen-bond donors (Lipinski definition) is 3. The van der Waals surface area contributed by atoms with Gasteiger partial charge in [-0.05, 0) is 12.5 Å². The lowest BCUT2D eigenvalue weighted by atomic mass is 10.3. The molecule has 5 N–H and O–H groups in total. The quantitative estimate of drug-likeness (QED) is 0.613. The predicted molar refractivity (Wildman–Crippen MR) is 56.5 cm³/mol. The molecule has 0 atom stereocenters. The average Bonchev–Trinajstić information content (AvgIpc) is 2.09. The normalized spacial score (nSPS) is 9.92. The van der Waals surface area contributed by atoms with Crippen LogP contribution >= 0.6 is 0 Å². The second kappa shape index (κ2) is 4.54. The van der Waals surface area contributed by atoms with Gasteiger partial charge in [0, 0.05) is 6.54 Å². The maximum absolute atomic E-state index is 5.70. The third kappa shape index (κ3) is 2.82. The zero-order chi connectivity index (χ0) is 9.68. The summed E-state index contributed by atoms with van der Waals surface area (Å²) >= 11 is 0. The van der Waals surface area contributed by atoms with Crippen LogP contribution in [0.2, 0.25) is 0 Å². The van der Waals surface area contributed by atoms with E-state index in [0.29, 0.717) is 11.4 Å². The summed E-state index contributed by atoms with van der Waals surface area (Å²) in [6, 6.07) is 1.71. The molecule has 4 nitrogen and oxygen atoms in total. The molecule has 1 aromatic heterocycles. The third-order valence-electron chi connectivity index (χ3n) is 1.76. The summed E-state index contributed by atoms with van der Waals surface area (Å²) in [6.07, 6.45) is 3.87. The number of unbranched alkanes of at least 4 members (excludes halogenated alkanes) is 1. The highest BCUT2D eigenvalue weighted by Gasteiger charge is 1.98. The van der Waals surface area contributed by atoms with Crippen molar-refractivity contribution in [1.29, 1.82) is 0 Å². The first kappa shape index (κ1) is 9.64. The van der Waals surface area contributed by atoms with Gasteiger partial charge in [0.15, 0.2) is 0 Å². The van der Waals surface area contributed by atoms with Crippen LogP contribution in [0.3, 0.4) is 0 Å². The SMILES string of the molecule is CCCCNc1ncc(N)cc1N. The summed E-state index contributed by atoms with van der Waals surface area (Å²) in [4.78, 5) is 4.09. The molecular formula is C9H16N4. The Morgan fingerprint density at radius 3 is 2.85 bits per heavy atom. The molecule has 0 aliphatic heterocycles. The first-order valence-electron chi connectivity index (χ1n) is 4.49. The van der Waals surface area contributed by atoms with Gasteiger partial charge in [-0.2, -0.15) is 0 Å². The highest BCUT2D eigenvalue weighted by atomic mass is 15.0. The zero-order valence-electron chi connectivity index (χ0n) is 7.88. The minimum Gasteiger partial charge on any atom is -0.397 e. The standard InChI is InChI=1S/C9H16N4/c1-2-3-4-12-9-8(11)5-7(10)6-13-9/h5-6H,2-4,10-11H2,1H3,(H,12,13). The predicted octanol–water partition coefficient (Wildman–Crippen LogP) is 1.46. The van der Waals surface area contributed by atoms with E-state index in [4.69, 9.17) is 11.5 Å². The molecule has 1 heterocycles. The molecule has 1 aromatic rings. The summed E-state index contributed by atoms with van der Waals surface area (Å²) in [7, 11) is 0. The van der Waals surface area contributed by atoms with E-state index >= 15 is 0 Å². The van der Waals surface area contributed by atoms with Crippen LogP contribution < -0.4 is 16.8 Å². The maximum Gasteiger partial charge on any atom is 0.149 e. The number of pyridine rings is 1. The molecular weight excluding hydrogens is 164 g/mol. The number of aromatic nitrogens is 1. The lowest BCUT2D eigenvalue weighted by Gasteiger charge is -2.07. The molecule has 0 spiro atoms. The molecule has 0 unspecified atom stereocenters. The Morgan fingerprint density at radius 2 is 2.23 bits per heavy atom. The summed E-state index contributed by atoms with van der Waals surface area (Å²) in [6.45, 7) is 3.04. The van der Waals surface area contributed by atoms with Gasteiger partial charge in [-0.3, -0.25) is 0 Å². The molecule has 0 amide bonds. The van der Waals surface area contributed by atoms with Crippen LogP contribution in [0, 0.1) is 0 Å². The van der Waals surface area contributed by atoms with Crippen molar-refractivity contribution in [2.45, 2.75) is 19.8 Å². The van der Waals surface area contributed by atoms with Crippen molar-refractivity contribution in [3.63, 3.8) is 0 Å². The van der Waals surface area contributed by atoms with Gasteiger partial charge in [0.1, 0.15) is 5.82 Å². The number of nitrogens with one attached hydrogen (secondary N) is 1. The molecule has 4 heteroatoms. The van der Waals surface area contributed by atoms with E-state index in [2.05, 4.69) is 17.2 Å². The number of nitrogens with two attached hydrogens (primary N) is 2.